The summed E-state index contributed by atoms with van der Waals surface area (Å²) in [6.45, 7) is 1.62. The van der Waals surface area contributed by atoms with E-state index >= 15 is 0 Å². The number of hydrogen-bond donors (Lipinski definition) is 0. The number of amides is 1. The average molecular weight is 425 g/mol. The van der Waals surface area contributed by atoms with Crippen molar-refractivity contribution in [2.45, 2.75) is 31.6 Å². The molecular formula is C27H28N4O. The van der Waals surface area contributed by atoms with Crippen LogP contribution in [0.2, 0.25) is 0 Å². The minimum Gasteiger partial charge on any atom is -0.342 e. The van der Waals surface area contributed by atoms with Gasteiger partial charge in [0.2, 0.25) is 5.91 Å². The monoisotopic (exact) mass is 424 g/mol. The Bertz CT molecular complexity index is 1130. The van der Waals surface area contributed by atoms with Gasteiger partial charge in [-0.15, -0.1) is 0 Å². The van der Waals surface area contributed by atoms with Crippen molar-refractivity contribution in [3.63, 3.8) is 0 Å². The van der Waals surface area contributed by atoms with Crippen molar-refractivity contribution in [1.29, 1.82) is 0 Å². The number of nitrogens with zero attached hydrogens (tertiary/aromatic N) is 4. The number of carbonyl (C=O) groups excluding carboxylic acids is 1. The molecule has 2 aromatic heterocycles. The Morgan fingerprint density at radius 2 is 1.66 bits per heavy atom. The molecule has 1 atom stereocenters. The summed E-state index contributed by atoms with van der Waals surface area (Å²) >= 11 is 0. The molecule has 0 bridgehead atoms. The second-order valence-corrected chi connectivity index (χ2v) is 8.65. The molecule has 1 fully saturated rings. The average Bonchev–Trinajstić information content (AvgIpc) is 3.18. The number of benzene rings is 2. The van der Waals surface area contributed by atoms with Crippen molar-refractivity contribution in [1.82, 2.24) is 19.3 Å². The molecule has 5 heteroatoms. The summed E-state index contributed by atoms with van der Waals surface area (Å²) in [5.41, 5.74) is 4.08. The topological polar surface area (TPSA) is 50.5 Å². The zero-order chi connectivity index (χ0) is 21.8. The minimum absolute atomic E-state index is 0.209. The highest BCUT2D eigenvalue weighted by molar-refractivity contribution is 5.87. The van der Waals surface area contributed by atoms with Crippen LogP contribution < -0.4 is 0 Å². The normalized spacial score (nSPS) is 16.9. The van der Waals surface area contributed by atoms with Crippen LogP contribution in [0.1, 0.15) is 42.0 Å². The van der Waals surface area contributed by atoms with E-state index in [0.29, 0.717) is 5.92 Å². The van der Waals surface area contributed by atoms with Crippen LogP contribution in [0.3, 0.4) is 0 Å². The third-order valence-corrected chi connectivity index (χ3v) is 6.50. The van der Waals surface area contributed by atoms with E-state index in [1.807, 2.05) is 53.2 Å². The number of carbonyl (C=O) groups is 1. The van der Waals surface area contributed by atoms with E-state index in [2.05, 4.69) is 45.3 Å². The molecule has 0 aliphatic carbocycles. The Labute approximate surface area is 188 Å². The highest BCUT2D eigenvalue weighted by Gasteiger charge is 2.29. The van der Waals surface area contributed by atoms with Crippen molar-refractivity contribution < 1.29 is 4.79 Å². The fourth-order valence-corrected chi connectivity index (χ4v) is 4.81. The first kappa shape index (κ1) is 20.4. The van der Waals surface area contributed by atoms with Crippen LogP contribution in [0.5, 0.6) is 0 Å². The largest absolute Gasteiger partial charge is 0.342 e. The summed E-state index contributed by atoms with van der Waals surface area (Å²) in [5, 5.41) is 0. The van der Waals surface area contributed by atoms with Gasteiger partial charge in [-0.1, -0.05) is 60.7 Å². The Morgan fingerprint density at radius 1 is 0.938 bits per heavy atom. The van der Waals surface area contributed by atoms with Gasteiger partial charge in [0, 0.05) is 31.7 Å². The van der Waals surface area contributed by atoms with Crippen molar-refractivity contribution in [3.05, 3.63) is 102 Å². The van der Waals surface area contributed by atoms with Gasteiger partial charge in [0.05, 0.1) is 17.8 Å². The molecule has 0 spiro atoms. The number of hydrogen-bond acceptors (Lipinski definition) is 3. The highest BCUT2D eigenvalue weighted by atomic mass is 16.2. The van der Waals surface area contributed by atoms with Crippen molar-refractivity contribution in [2.75, 3.05) is 13.1 Å². The molecule has 4 aromatic rings. The Hall–Kier alpha value is -3.47. The molecule has 5 nitrogen and oxygen atoms in total. The number of likely N-dealkylation sites (tertiary alicyclic amines) is 1. The van der Waals surface area contributed by atoms with E-state index in [-0.39, 0.29) is 11.8 Å². The zero-order valence-corrected chi connectivity index (χ0v) is 18.2. The second-order valence-electron chi connectivity index (χ2n) is 8.65. The van der Waals surface area contributed by atoms with Crippen LogP contribution >= 0.6 is 0 Å². The molecule has 0 saturated carbocycles. The van der Waals surface area contributed by atoms with Gasteiger partial charge in [-0.05, 0) is 42.7 Å². The lowest BCUT2D eigenvalue weighted by Gasteiger charge is -2.27. The SMILES string of the molecule is O=C(C(c1ccccc1)c1ccccc1)N1CCCC(Cc2cn3ccnc3cn2)CC1. The molecule has 0 N–H and O–H groups in total. The summed E-state index contributed by atoms with van der Waals surface area (Å²) < 4.78 is 2.03. The smallest absolute Gasteiger partial charge is 0.234 e. The van der Waals surface area contributed by atoms with Crippen LogP contribution in [0.15, 0.2) is 85.5 Å². The van der Waals surface area contributed by atoms with Crippen molar-refractivity contribution in [2.24, 2.45) is 5.92 Å². The summed E-state index contributed by atoms with van der Waals surface area (Å²) in [4.78, 5) is 24.7. The maximum absolute atomic E-state index is 13.7. The molecule has 0 radical (unpaired) electrons. The van der Waals surface area contributed by atoms with Crippen molar-refractivity contribution >= 4 is 11.6 Å². The molecule has 3 heterocycles. The van der Waals surface area contributed by atoms with Crippen LogP contribution in [0.25, 0.3) is 5.65 Å². The first-order chi connectivity index (χ1) is 15.8. The van der Waals surface area contributed by atoms with Gasteiger partial charge in [-0.2, -0.15) is 0 Å². The Morgan fingerprint density at radius 3 is 2.38 bits per heavy atom. The van der Waals surface area contributed by atoms with Crippen LogP contribution in [0, 0.1) is 5.92 Å². The molecule has 1 amide bonds. The quantitative estimate of drug-likeness (QED) is 0.465. The lowest BCUT2D eigenvalue weighted by molar-refractivity contribution is -0.131. The van der Waals surface area contributed by atoms with Gasteiger partial charge in [0.1, 0.15) is 0 Å². The summed E-state index contributed by atoms with van der Waals surface area (Å²) in [7, 11) is 0. The third-order valence-electron chi connectivity index (χ3n) is 6.50. The van der Waals surface area contributed by atoms with Crippen LogP contribution in [0.4, 0.5) is 0 Å². The molecule has 162 valence electrons. The highest BCUT2D eigenvalue weighted by Crippen LogP contribution is 2.29. The number of imidazole rings is 1. The Balaban J connectivity index is 1.30. The van der Waals surface area contributed by atoms with Crippen molar-refractivity contribution in [3.8, 4) is 0 Å². The van der Waals surface area contributed by atoms with E-state index in [0.717, 1.165) is 61.2 Å². The summed E-state index contributed by atoms with van der Waals surface area (Å²) in [6, 6.07) is 20.3. The van der Waals surface area contributed by atoms with Gasteiger partial charge in [0.25, 0.3) is 0 Å². The van der Waals surface area contributed by atoms with E-state index in [1.54, 1.807) is 6.20 Å². The number of fused-ring (bicyclic) bond motifs is 1. The molecule has 1 unspecified atom stereocenters. The summed E-state index contributed by atoms with van der Waals surface area (Å²) in [6.07, 6.45) is 11.8. The fourth-order valence-electron chi connectivity index (χ4n) is 4.81. The maximum atomic E-state index is 13.7. The first-order valence-corrected chi connectivity index (χ1v) is 11.4. The van der Waals surface area contributed by atoms with Gasteiger partial charge >= 0.3 is 0 Å². The molecule has 5 rings (SSSR count). The standard InChI is InChI=1S/C27H28N4O/c32-27(26(22-9-3-1-4-10-22)23-11-5-2-6-12-23)30-15-7-8-21(13-16-30)18-24-20-31-17-14-28-25(31)19-29-24/h1-6,9-12,14,17,19-21,26H,7-8,13,15-16,18H2. The van der Waals surface area contributed by atoms with Crippen LogP contribution in [-0.4, -0.2) is 38.3 Å². The second kappa shape index (κ2) is 9.35. The first-order valence-electron chi connectivity index (χ1n) is 11.4. The molecule has 1 saturated heterocycles. The maximum Gasteiger partial charge on any atom is 0.234 e. The number of rotatable bonds is 5. The molecule has 2 aromatic carbocycles. The van der Waals surface area contributed by atoms with E-state index in [9.17, 15) is 4.79 Å². The molecule has 1 aliphatic heterocycles. The third kappa shape index (κ3) is 4.42. The molecule has 1 aliphatic rings. The zero-order valence-electron chi connectivity index (χ0n) is 18.2. The van der Waals surface area contributed by atoms with E-state index in [4.69, 9.17) is 0 Å². The lowest BCUT2D eigenvalue weighted by atomic mass is 9.90. The van der Waals surface area contributed by atoms with Gasteiger partial charge < -0.3 is 9.30 Å². The molecule has 32 heavy (non-hydrogen) atoms. The molecular weight excluding hydrogens is 396 g/mol. The van der Waals surface area contributed by atoms with Gasteiger partial charge in [-0.3, -0.25) is 9.78 Å². The van der Waals surface area contributed by atoms with E-state index < -0.39 is 0 Å². The summed E-state index contributed by atoms with van der Waals surface area (Å²) in [5.74, 6) is 0.494. The lowest BCUT2D eigenvalue weighted by Crippen LogP contribution is -2.36. The fraction of sp³-hybridized carbons (Fsp3) is 0.296. The van der Waals surface area contributed by atoms with E-state index in [1.165, 1.54) is 0 Å². The predicted molar refractivity (Wildman–Crippen MR) is 125 cm³/mol. The predicted octanol–water partition coefficient (Wildman–Crippen LogP) is 4.73. The van der Waals surface area contributed by atoms with Crippen LogP contribution in [-0.2, 0) is 11.2 Å². The van der Waals surface area contributed by atoms with Gasteiger partial charge in [-0.25, -0.2) is 4.98 Å². The number of aromatic nitrogens is 3. The van der Waals surface area contributed by atoms with Gasteiger partial charge in [0.15, 0.2) is 5.65 Å². The Kier molecular flexibility index (Phi) is 5.97. The minimum atomic E-state index is -0.251.